The van der Waals surface area contributed by atoms with Crippen molar-refractivity contribution in [2.24, 2.45) is 5.92 Å². The van der Waals surface area contributed by atoms with Crippen molar-refractivity contribution in [1.82, 2.24) is 4.98 Å². The van der Waals surface area contributed by atoms with Crippen molar-refractivity contribution in [2.75, 3.05) is 6.61 Å². The normalized spacial score (nSPS) is 14.5. The van der Waals surface area contributed by atoms with E-state index in [0.717, 1.165) is 28.6 Å². The van der Waals surface area contributed by atoms with Crippen LogP contribution in [0.3, 0.4) is 0 Å². The van der Waals surface area contributed by atoms with Crippen LogP contribution in [0.25, 0.3) is 10.9 Å². The van der Waals surface area contributed by atoms with Gasteiger partial charge in [-0.15, -0.1) is 0 Å². The highest BCUT2D eigenvalue weighted by molar-refractivity contribution is 5.98. The standard InChI is InChI=1S/C17H19NO2/c1-3-20-17(19)16-11(2)18-15-7-5-4-6-13(15)14(16)10-12-8-9-12/h4-7,12H,3,8-10H2,1-2H3. The molecule has 0 aliphatic heterocycles. The highest BCUT2D eigenvalue weighted by Crippen LogP contribution is 2.36. The molecular weight excluding hydrogens is 250 g/mol. The molecule has 3 rings (SSSR count). The number of nitrogens with zero attached hydrogens (tertiary/aromatic N) is 1. The summed E-state index contributed by atoms with van der Waals surface area (Å²) in [6, 6.07) is 8.06. The second kappa shape index (κ2) is 5.23. The summed E-state index contributed by atoms with van der Waals surface area (Å²) in [6.07, 6.45) is 3.48. The summed E-state index contributed by atoms with van der Waals surface area (Å²) in [7, 11) is 0. The van der Waals surface area contributed by atoms with Gasteiger partial charge in [0, 0.05) is 5.39 Å². The minimum absolute atomic E-state index is 0.237. The molecular formula is C17H19NO2. The van der Waals surface area contributed by atoms with Crippen molar-refractivity contribution in [3.8, 4) is 0 Å². The van der Waals surface area contributed by atoms with E-state index < -0.39 is 0 Å². The highest BCUT2D eigenvalue weighted by Gasteiger charge is 2.27. The molecule has 2 aromatic rings. The summed E-state index contributed by atoms with van der Waals surface area (Å²) in [5.41, 5.74) is 3.54. The van der Waals surface area contributed by atoms with E-state index in [0.29, 0.717) is 18.1 Å². The van der Waals surface area contributed by atoms with Crippen LogP contribution >= 0.6 is 0 Å². The zero-order valence-corrected chi connectivity index (χ0v) is 12.0. The third-order valence-corrected chi connectivity index (χ3v) is 3.85. The average molecular weight is 269 g/mol. The fourth-order valence-electron chi connectivity index (χ4n) is 2.71. The predicted molar refractivity (Wildman–Crippen MR) is 78.9 cm³/mol. The lowest BCUT2D eigenvalue weighted by molar-refractivity contribution is 0.0524. The summed E-state index contributed by atoms with van der Waals surface area (Å²) < 4.78 is 5.22. The molecule has 1 aliphatic carbocycles. The molecule has 1 aromatic carbocycles. The number of aryl methyl sites for hydroxylation is 1. The van der Waals surface area contributed by atoms with E-state index in [1.807, 2.05) is 32.0 Å². The van der Waals surface area contributed by atoms with Gasteiger partial charge in [-0.3, -0.25) is 4.98 Å². The topological polar surface area (TPSA) is 39.2 Å². The maximum absolute atomic E-state index is 12.3. The first-order chi connectivity index (χ1) is 9.70. The van der Waals surface area contributed by atoms with Crippen LogP contribution in [-0.4, -0.2) is 17.6 Å². The van der Waals surface area contributed by atoms with Crippen LogP contribution in [0.1, 0.15) is 41.4 Å². The Kier molecular flexibility index (Phi) is 3.43. The molecule has 0 unspecified atom stereocenters. The Labute approximate surface area is 119 Å². The van der Waals surface area contributed by atoms with Crippen molar-refractivity contribution in [3.05, 3.63) is 41.1 Å². The molecule has 0 radical (unpaired) electrons. The highest BCUT2D eigenvalue weighted by atomic mass is 16.5. The lowest BCUT2D eigenvalue weighted by Crippen LogP contribution is -2.13. The van der Waals surface area contributed by atoms with Crippen molar-refractivity contribution in [2.45, 2.75) is 33.1 Å². The maximum atomic E-state index is 12.3. The van der Waals surface area contributed by atoms with Crippen molar-refractivity contribution in [1.29, 1.82) is 0 Å². The molecule has 1 aliphatic rings. The molecule has 1 heterocycles. The number of fused-ring (bicyclic) bond motifs is 1. The largest absolute Gasteiger partial charge is 0.462 e. The van der Waals surface area contributed by atoms with E-state index in [9.17, 15) is 4.79 Å². The van der Waals surface area contributed by atoms with E-state index >= 15 is 0 Å². The minimum Gasteiger partial charge on any atom is -0.462 e. The number of aromatic nitrogens is 1. The monoisotopic (exact) mass is 269 g/mol. The Hall–Kier alpha value is -1.90. The molecule has 20 heavy (non-hydrogen) atoms. The molecule has 0 spiro atoms. The van der Waals surface area contributed by atoms with Gasteiger partial charge in [0.05, 0.1) is 23.4 Å². The smallest absolute Gasteiger partial charge is 0.340 e. The van der Waals surface area contributed by atoms with Gasteiger partial charge in [0.25, 0.3) is 0 Å². The number of carbonyl (C=O) groups excluding carboxylic acids is 1. The number of carbonyl (C=O) groups is 1. The molecule has 0 amide bonds. The zero-order valence-electron chi connectivity index (χ0n) is 12.0. The second-order valence-corrected chi connectivity index (χ2v) is 5.44. The van der Waals surface area contributed by atoms with Gasteiger partial charge in [-0.2, -0.15) is 0 Å². The molecule has 3 heteroatoms. The number of esters is 1. The second-order valence-electron chi connectivity index (χ2n) is 5.44. The van der Waals surface area contributed by atoms with Crippen LogP contribution < -0.4 is 0 Å². The summed E-state index contributed by atoms with van der Waals surface area (Å²) in [4.78, 5) is 16.8. The third-order valence-electron chi connectivity index (χ3n) is 3.85. The zero-order chi connectivity index (χ0) is 14.1. The van der Waals surface area contributed by atoms with E-state index in [4.69, 9.17) is 4.74 Å². The van der Waals surface area contributed by atoms with Crippen molar-refractivity contribution >= 4 is 16.9 Å². The van der Waals surface area contributed by atoms with Gasteiger partial charge < -0.3 is 4.74 Å². The Bertz CT molecular complexity index is 659. The lowest BCUT2D eigenvalue weighted by Gasteiger charge is -2.14. The number of para-hydroxylation sites is 1. The van der Waals surface area contributed by atoms with Crippen molar-refractivity contribution < 1.29 is 9.53 Å². The quantitative estimate of drug-likeness (QED) is 0.795. The fraction of sp³-hybridized carbons (Fsp3) is 0.412. The van der Waals surface area contributed by atoms with E-state index in [2.05, 4.69) is 11.1 Å². The average Bonchev–Trinajstić information content (AvgIpc) is 3.23. The third kappa shape index (κ3) is 2.40. The molecule has 104 valence electrons. The van der Waals surface area contributed by atoms with Crippen LogP contribution in [0, 0.1) is 12.8 Å². The van der Waals surface area contributed by atoms with Gasteiger partial charge in [-0.25, -0.2) is 4.79 Å². The Balaban J connectivity index is 2.19. The Morgan fingerprint density at radius 3 is 2.80 bits per heavy atom. The van der Waals surface area contributed by atoms with E-state index in [1.165, 1.54) is 12.8 Å². The van der Waals surface area contributed by atoms with E-state index in [-0.39, 0.29) is 5.97 Å². The predicted octanol–water partition coefficient (Wildman–Crippen LogP) is 3.67. The number of pyridine rings is 1. The fourth-order valence-corrected chi connectivity index (χ4v) is 2.71. The number of hydrogen-bond acceptors (Lipinski definition) is 3. The molecule has 0 saturated heterocycles. The first-order valence-corrected chi connectivity index (χ1v) is 7.26. The van der Waals surface area contributed by atoms with Crippen LogP contribution in [0.4, 0.5) is 0 Å². The Morgan fingerprint density at radius 1 is 1.35 bits per heavy atom. The molecule has 0 atom stereocenters. The van der Waals surface area contributed by atoms with Gasteiger partial charge in [0.15, 0.2) is 0 Å². The molecule has 3 nitrogen and oxygen atoms in total. The van der Waals surface area contributed by atoms with Crippen LogP contribution in [-0.2, 0) is 11.2 Å². The van der Waals surface area contributed by atoms with E-state index in [1.54, 1.807) is 0 Å². The summed E-state index contributed by atoms with van der Waals surface area (Å²) >= 11 is 0. The first kappa shape index (κ1) is 13.1. The summed E-state index contributed by atoms with van der Waals surface area (Å²) in [5.74, 6) is 0.479. The van der Waals surface area contributed by atoms with Crippen LogP contribution in [0.5, 0.6) is 0 Å². The number of benzene rings is 1. The van der Waals surface area contributed by atoms with Gasteiger partial charge in [0.1, 0.15) is 0 Å². The van der Waals surface area contributed by atoms with Gasteiger partial charge in [-0.1, -0.05) is 18.2 Å². The molecule has 0 bridgehead atoms. The maximum Gasteiger partial charge on any atom is 0.340 e. The van der Waals surface area contributed by atoms with Gasteiger partial charge >= 0.3 is 5.97 Å². The molecule has 1 aromatic heterocycles. The Morgan fingerprint density at radius 2 is 2.10 bits per heavy atom. The summed E-state index contributed by atoms with van der Waals surface area (Å²) in [6.45, 7) is 4.13. The summed E-state index contributed by atoms with van der Waals surface area (Å²) in [5, 5.41) is 1.09. The lowest BCUT2D eigenvalue weighted by atomic mass is 9.96. The van der Waals surface area contributed by atoms with Gasteiger partial charge in [0.2, 0.25) is 0 Å². The molecule has 0 N–H and O–H groups in total. The van der Waals surface area contributed by atoms with Gasteiger partial charge in [-0.05, 0) is 50.7 Å². The number of rotatable bonds is 4. The SMILES string of the molecule is CCOC(=O)c1c(C)nc2ccccc2c1CC1CC1. The first-order valence-electron chi connectivity index (χ1n) is 7.26. The minimum atomic E-state index is -0.237. The number of ether oxygens (including phenoxy) is 1. The number of hydrogen-bond donors (Lipinski definition) is 0. The van der Waals surface area contributed by atoms with Crippen molar-refractivity contribution in [3.63, 3.8) is 0 Å². The van der Waals surface area contributed by atoms with Crippen LogP contribution in [0.2, 0.25) is 0 Å². The van der Waals surface area contributed by atoms with Crippen LogP contribution in [0.15, 0.2) is 24.3 Å². The molecule has 1 fully saturated rings. The molecule has 1 saturated carbocycles.